The van der Waals surface area contributed by atoms with E-state index in [-0.39, 0.29) is 6.10 Å². The normalized spacial score (nSPS) is 17.1. The first-order valence-electron chi connectivity index (χ1n) is 11.0. The Hall–Kier alpha value is -2.18. The van der Waals surface area contributed by atoms with Crippen LogP contribution in [0.5, 0.6) is 0 Å². The van der Waals surface area contributed by atoms with Crippen LogP contribution in [0.4, 0.5) is 5.82 Å². The van der Waals surface area contributed by atoms with Crippen LogP contribution in [-0.2, 0) is 4.74 Å². The van der Waals surface area contributed by atoms with Crippen molar-refractivity contribution in [2.45, 2.75) is 57.8 Å². The Labute approximate surface area is 174 Å². The first-order valence-corrected chi connectivity index (χ1v) is 13.6. The Morgan fingerprint density at radius 2 is 1.86 bits per heavy atom. The molecule has 1 aliphatic rings. The smallest absolute Gasteiger partial charge is 0.143 e. The van der Waals surface area contributed by atoms with Crippen molar-refractivity contribution >= 4 is 30.2 Å². The van der Waals surface area contributed by atoms with Crippen LogP contribution in [0.15, 0.2) is 36.7 Å². The molecule has 2 N–H and O–H groups in total. The molecule has 0 saturated carbocycles. The van der Waals surface area contributed by atoms with Crippen molar-refractivity contribution in [3.05, 3.63) is 36.7 Å². The van der Waals surface area contributed by atoms with Gasteiger partial charge in [0.05, 0.1) is 11.5 Å². The van der Waals surface area contributed by atoms with Crippen LogP contribution < -0.4 is 10.6 Å². The van der Waals surface area contributed by atoms with Gasteiger partial charge in [-0.05, 0) is 18.4 Å². The molecule has 154 valence electrons. The number of fused-ring (bicyclic) bond motifs is 1. The quantitative estimate of drug-likeness (QED) is 0.519. The van der Waals surface area contributed by atoms with Crippen LogP contribution >= 0.6 is 0 Å². The summed E-state index contributed by atoms with van der Waals surface area (Å²) in [5, 5.41) is 6.12. The fourth-order valence-corrected chi connectivity index (χ4v) is 8.49. The van der Waals surface area contributed by atoms with E-state index in [1.54, 1.807) is 6.33 Å². The Bertz CT molecular complexity index is 938. The third-order valence-electron chi connectivity index (χ3n) is 6.73. The first kappa shape index (κ1) is 20.1. The average molecular weight is 409 g/mol. The van der Waals surface area contributed by atoms with Crippen LogP contribution in [0.25, 0.3) is 22.2 Å². The minimum Gasteiger partial charge on any atom is -0.376 e. The second-order valence-electron chi connectivity index (χ2n) is 8.04. The van der Waals surface area contributed by atoms with E-state index in [2.05, 4.69) is 71.4 Å². The third kappa shape index (κ3) is 3.71. The molecule has 0 aliphatic carbocycles. The van der Waals surface area contributed by atoms with Crippen LogP contribution in [0.1, 0.15) is 33.6 Å². The van der Waals surface area contributed by atoms with E-state index in [1.807, 2.05) is 0 Å². The van der Waals surface area contributed by atoms with Gasteiger partial charge in [0.15, 0.2) is 0 Å². The SMILES string of the molecule is CC[Si](CC)(CC)c1[nH]c2ncnc(NC[C@@H]3CCCO3)c2c1-c1ccccc1. The number of nitrogens with one attached hydrogen (secondary N) is 2. The lowest BCUT2D eigenvalue weighted by atomic mass is 10.1. The number of hydrogen-bond acceptors (Lipinski definition) is 4. The number of aromatic nitrogens is 3. The molecule has 0 radical (unpaired) electrons. The topological polar surface area (TPSA) is 62.8 Å². The van der Waals surface area contributed by atoms with E-state index in [0.29, 0.717) is 0 Å². The summed E-state index contributed by atoms with van der Waals surface area (Å²) in [6.07, 6.45) is 4.20. The molecule has 4 rings (SSSR count). The number of aromatic amines is 1. The molecule has 1 saturated heterocycles. The van der Waals surface area contributed by atoms with Gasteiger partial charge in [0.25, 0.3) is 0 Å². The fourth-order valence-electron chi connectivity index (χ4n) is 4.74. The standard InChI is InChI=1S/C23H32N4OSi/c1-4-29(5-2,6-3)23-19(17-11-8-7-9-12-17)20-21(25-16-26-22(20)27-23)24-15-18-13-10-14-28-18/h7-9,11-12,16,18H,4-6,10,13-15H2,1-3H3,(H2,24,25,26,27)/t18-/m0/s1. The van der Waals surface area contributed by atoms with Gasteiger partial charge in [-0.15, -0.1) is 0 Å². The van der Waals surface area contributed by atoms with Crippen molar-refractivity contribution in [3.63, 3.8) is 0 Å². The van der Waals surface area contributed by atoms with E-state index in [4.69, 9.17) is 4.74 Å². The van der Waals surface area contributed by atoms with Gasteiger partial charge in [-0.2, -0.15) is 0 Å². The van der Waals surface area contributed by atoms with Crippen molar-refractivity contribution in [2.24, 2.45) is 0 Å². The summed E-state index contributed by atoms with van der Waals surface area (Å²) in [5.74, 6) is 0.915. The Balaban J connectivity index is 1.88. The summed E-state index contributed by atoms with van der Waals surface area (Å²) >= 11 is 0. The van der Waals surface area contributed by atoms with Crippen LogP contribution in [0.2, 0.25) is 18.1 Å². The number of H-pyrrole nitrogens is 1. The molecule has 0 amide bonds. The van der Waals surface area contributed by atoms with Gasteiger partial charge < -0.3 is 15.0 Å². The van der Waals surface area contributed by atoms with Gasteiger partial charge in [-0.1, -0.05) is 69.2 Å². The van der Waals surface area contributed by atoms with E-state index >= 15 is 0 Å². The Morgan fingerprint density at radius 1 is 1.10 bits per heavy atom. The lowest BCUT2D eigenvalue weighted by Crippen LogP contribution is -2.47. The van der Waals surface area contributed by atoms with Gasteiger partial charge in [0.1, 0.15) is 25.9 Å². The molecule has 0 unspecified atom stereocenters. The van der Waals surface area contributed by atoms with Crippen molar-refractivity contribution in [1.29, 1.82) is 0 Å². The highest BCUT2D eigenvalue weighted by atomic mass is 28.3. The molecule has 1 aliphatic heterocycles. The number of anilines is 1. The summed E-state index contributed by atoms with van der Waals surface area (Å²) in [4.78, 5) is 13.0. The zero-order valence-corrected chi connectivity index (χ0v) is 18.8. The number of nitrogens with zero attached hydrogens (tertiary/aromatic N) is 2. The average Bonchev–Trinajstić information content (AvgIpc) is 3.43. The van der Waals surface area contributed by atoms with Crippen LogP contribution in [0.3, 0.4) is 0 Å². The molecule has 29 heavy (non-hydrogen) atoms. The van der Waals surface area contributed by atoms with Crippen molar-refractivity contribution in [3.8, 4) is 11.1 Å². The zero-order chi connectivity index (χ0) is 20.3. The van der Waals surface area contributed by atoms with Gasteiger partial charge in [0, 0.05) is 24.0 Å². The molecule has 5 nitrogen and oxygen atoms in total. The van der Waals surface area contributed by atoms with E-state index in [0.717, 1.165) is 42.8 Å². The van der Waals surface area contributed by atoms with Gasteiger partial charge >= 0.3 is 0 Å². The van der Waals surface area contributed by atoms with Gasteiger partial charge in [-0.3, -0.25) is 0 Å². The largest absolute Gasteiger partial charge is 0.376 e. The predicted octanol–water partition coefficient (Wildman–Crippen LogP) is 4.93. The molecular weight excluding hydrogens is 376 g/mol. The molecule has 0 spiro atoms. The molecule has 6 heteroatoms. The highest BCUT2D eigenvalue weighted by Gasteiger charge is 2.35. The van der Waals surface area contributed by atoms with E-state index in [1.165, 1.54) is 34.6 Å². The molecule has 1 atom stereocenters. The van der Waals surface area contributed by atoms with Crippen LogP contribution in [0, 0.1) is 0 Å². The van der Waals surface area contributed by atoms with Gasteiger partial charge in [0.2, 0.25) is 0 Å². The predicted molar refractivity (Wildman–Crippen MR) is 124 cm³/mol. The summed E-state index contributed by atoms with van der Waals surface area (Å²) in [7, 11) is -1.65. The second kappa shape index (κ2) is 8.67. The Morgan fingerprint density at radius 3 is 2.52 bits per heavy atom. The highest BCUT2D eigenvalue weighted by Crippen LogP contribution is 2.35. The van der Waals surface area contributed by atoms with Gasteiger partial charge in [-0.25, -0.2) is 9.97 Å². The molecule has 1 fully saturated rings. The summed E-state index contributed by atoms with van der Waals surface area (Å²) in [6, 6.07) is 14.4. The van der Waals surface area contributed by atoms with Crippen molar-refractivity contribution in [2.75, 3.05) is 18.5 Å². The number of hydrogen-bond donors (Lipinski definition) is 2. The fraction of sp³-hybridized carbons (Fsp3) is 0.478. The molecule has 1 aromatic carbocycles. The number of ether oxygens (including phenoxy) is 1. The maximum atomic E-state index is 5.81. The lowest BCUT2D eigenvalue weighted by molar-refractivity contribution is 0.120. The lowest BCUT2D eigenvalue weighted by Gasteiger charge is -2.28. The third-order valence-corrected chi connectivity index (χ3v) is 12.2. The highest BCUT2D eigenvalue weighted by molar-refractivity contribution is 6.92. The molecule has 3 heterocycles. The minimum absolute atomic E-state index is 0.272. The van der Waals surface area contributed by atoms with E-state index < -0.39 is 8.07 Å². The summed E-state index contributed by atoms with van der Waals surface area (Å²) in [6.45, 7) is 8.71. The maximum Gasteiger partial charge on any atom is 0.143 e. The maximum absolute atomic E-state index is 5.81. The molecular formula is C23H32N4OSi. The molecule has 3 aromatic rings. The molecule has 2 aromatic heterocycles. The summed E-state index contributed by atoms with van der Waals surface area (Å²) in [5.41, 5.74) is 3.49. The van der Waals surface area contributed by atoms with Crippen LogP contribution in [-0.4, -0.2) is 42.3 Å². The second-order valence-corrected chi connectivity index (χ2v) is 13.2. The number of benzene rings is 1. The van der Waals surface area contributed by atoms with E-state index in [9.17, 15) is 0 Å². The van der Waals surface area contributed by atoms with Crippen molar-refractivity contribution < 1.29 is 4.74 Å². The molecule has 0 bridgehead atoms. The number of rotatable bonds is 8. The first-order chi connectivity index (χ1) is 14.2. The minimum atomic E-state index is -1.65. The Kier molecular flexibility index (Phi) is 6.01. The zero-order valence-electron chi connectivity index (χ0n) is 17.8. The summed E-state index contributed by atoms with van der Waals surface area (Å²) < 4.78 is 5.81. The van der Waals surface area contributed by atoms with Crippen molar-refractivity contribution in [1.82, 2.24) is 15.0 Å². The monoisotopic (exact) mass is 408 g/mol.